The van der Waals surface area contributed by atoms with Crippen LogP contribution >= 0.6 is 0 Å². The Morgan fingerprint density at radius 3 is 2.45 bits per heavy atom. The van der Waals surface area contributed by atoms with E-state index in [2.05, 4.69) is 15.5 Å². The minimum absolute atomic E-state index is 0.106. The van der Waals surface area contributed by atoms with Crippen molar-refractivity contribution in [2.24, 2.45) is 0 Å². The molecule has 0 spiro atoms. The number of carbonyl (C=O) groups is 1. The summed E-state index contributed by atoms with van der Waals surface area (Å²) in [6.07, 6.45) is 1.01. The van der Waals surface area contributed by atoms with Crippen molar-refractivity contribution in [3.05, 3.63) is 71.2 Å². The number of nitrogens with one attached hydrogen (secondary N) is 1. The van der Waals surface area contributed by atoms with Crippen molar-refractivity contribution >= 4 is 32.5 Å². The zero-order valence-corrected chi connectivity index (χ0v) is 17.7. The van der Waals surface area contributed by atoms with Crippen LogP contribution in [0.25, 0.3) is 22.4 Å². The Balaban J connectivity index is 1.81. The Kier molecular flexibility index (Phi) is 5.06. The molecular weight excluding hydrogens is 421 g/mol. The molecule has 0 fully saturated rings. The zero-order valence-electron chi connectivity index (χ0n) is 16.9. The lowest BCUT2D eigenvalue weighted by atomic mass is 10.0. The fourth-order valence-corrected chi connectivity index (χ4v) is 3.81. The maximum absolute atomic E-state index is 14.3. The quantitative estimate of drug-likeness (QED) is 0.476. The number of amides is 1. The molecule has 0 aliphatic carbocycles. The summed E-state index contributed by atoms with van der Waals surface area (Å²) >= 11 is 0. The monoisotopic (exact) mass is 439 g/mol. The Bertz CT molecular complexity index is 1430. The Morgan fingerprint density at radius 1 is 1.06 bits per heavy atom. The number of nitrogens with zero attached hydrogens (tertiary/aromatic N) is 2. The van der Waals surface area contributed by atoms with Gasteiger partial charge in [-0.25, -0.2) is 17.8 Å². The van der Waals surface area contributed by atoms with E-state index in [4.69, 9.17) is 4.52 Å². The number of rotatable bonds is 4. The van der Waals surface area contributed by atoms with Gasteiger partial charge in [0.2, 0.25) is 0 Å². The van der Waals surface area contributed by atoms with Crippen LogP contribution in [0.15, 0.2) is 57.9 Å². The van der Waals surface area contributed by atoms with Crippen LogP contribution in [0.5, 0.6) is 0 Å². The van der Waals surface area contributed by atoms with Gasteiger partial charge in [-0.15, -0.1) is 0 Å². The van der Waals surface area contributed by atoms with Crippen molar-refractivity contribution in [2.75, 3.05) is 11.6 Å². The molecule has 2 aromatic carbocycles. The van der Waals surface area contributed by atoms with Crippen LogP contribution in [-0.2, 0) is 9.84 Å². The number of sulfone groups is 1. The van der Waals surface area contributed by atoms with Crippen LogP contribution in [0.2, 0.25) is 0 Å². The van der Waals surface area contributed by atoms with E-state index in [1.165, 1.54) is 0 Å². The number of hydrogen-bond acceptors (Lipinski definition) is 6. The molecule has 0 atom stereocenters. The van der Waals surface area contributed by atoms with Gasteiger partial charge in [0, 0.05) is 11.8 Å². The average molecular weight is 439 g/mol. The molecule has 4 aromatic rings. The van der Waals surface area contributed by atoms with Crippen molar-refractivity contribution in [1.82, 2.24) is 10.1 Å². The molecule has 0 aliphatic rings. The summed E-state index contributed by atoms with van der Waals surface area (Å²) < 4.78 is 43.2. The van der Waals surface area contributed by atoms with E-state index in [9.17, 15) is 17.6 Å². The highest BCUT2D eigenvalue weighted by atomic mass is 32.2. The van der Waals surface area contributed by atoms with Gasteiger partial charge in [-0.3, -0.25) is 4.79 Å². The number of carbonyl (C=O) groups excluding carboxylic acids is 1. The van der Waals surface area contributed by atoms with E-state index in [-0.39, 0.29) is 21.9 Å². The lowest BCUT2D eigenvalue weighted by molar-refractivity contribution is 0.102. The molecule has 0 aliphatic heterocycles. The fraction of sp³-hybridized carbons (Fsp3) is 0.136. The van der Waals surface area contributed by atoms with Crippen molar-refractivity contribution < 1.29 is 22.1 Å². The van der Waals surface area contributed by atoms with Crippen molar-refractivity contribution in [2.45, 2.75) is 18.7 Å². The number of anilines is 1. The molecule has 4 rings (SSSR count). The van der Waals surface area contributed by atoms with Gasteiger partial charge in [-0.2, -0.15) is 0 Å². The highest BCUT2D eigenvalue weighted by molar-refractivity contribution is 7.90. The van der Waals surface area contributed by atoms with Crippen molar-refractivity contribution in [1.29, 1.82) is 0 Å². The number of hydrogen-bond donors (Lipinski definition) is 1. The van der Waals surface area contributed by atoms with Gasteiger partial charge < -0.3 is 9.84 Å². The van der Waals surface area contributed by atoms with E-state index in [1.54, 1.807) is 13.0 Å². The lowest BCUT2D eigenvalue weighted by Gasteiger charge is -2.10. The number of aromatic nitrogens is 2. The van der Waals surface area contributed by atoms with Gasteiger partial charge in [-0.05, 0) is 38.1 Å². The molecule has 2 heterocycles. The summed E-state index contributed by atoms with van der Waals surface area (Å²) in [5, 5.41) is 6.74. The molecule has 7 nitrogen and oxygen atoms in total. The molecule has 9 heteroatoms. The first-order valence-electron chi connectivity index (χ1n) is 9.28. The Morgan fingerprint density at radius 2 is 1.77 bits per heavy atom. The summed E-state index contributed by atoms with van der Waals surface area (Å²) in [6, 6.07) is 12.4. The summed E-state index contributed by atoms with van der Waals surface area (Å²) in [7, 11) is -3.57. The molecule has 2 aromatic heterocycles. The second kappa shape index (κ2) is 7.59. The molecule has 31 heavy (non-hydrogen) atoms. The molecular formula is C22H18FN3O4S. The van der Waals surface area contributed by atoms with E-state index in [0.29, 0.717) is 16.8 Å². The third-order valence-electron chi connectivity index (χ3n) is 4.82. The fourth-order valence-electron chi connectivity index (χ4n) is 3.17. The molecule has 0 saturated carbocycles. The Hall–Kier alpha value is -3.59. The lowest BCUT2D eigenvalue weighted by Crippen LogP contribution is -2.15. The molecule has 0 saturated heterocycles. The van der Waals surface area contributed by atoms with Gasteiger partial charge >= 0.3 is 0 Å². The first-order valence-corrected chi connectivity index (χ1v) is 11.2. The highest BCUT2D eigenvalue weighted by Crippen LogP contribution is 2.28. The van der Waals surface area contributed by atoms with Gasteiger partial charge in [0.25, 0.3) is 11.6 Å². The molecule has 0 unspecified atom stereocenters. The smallest absolute Gasteiger partial charge is 0.259 e. The number of pyridine rings is 1. The number of fused-ring (bicyclic) bond motifs is 1. The normalized spacial score (nSPS) is 11.6. The summed E-state index contributed by atoms with van der Waals surface area (Å²) in [4.78, 5) is 17.4. The van der Waals surface area contributed by atoms with Crippen LogP contribution in [0.1, 0.15) is 21.6 Å². The summed E-state index contributed by atoms with van der Waals surface area (Å²) in [6.45, 7) is 3.62. The van der Waals surface area contributed by atoms with Gasteiger partial charge in [0.05, 0.1) is 32.9 Å². The second-order valence-electron chi connectivity index (χ2n) is 7.24. The van der Waals surface area contributed by atoms with E-state index >= 15 is 0 Å². The molecule has 158 valence electrons. The Labute approximate surface area is 177 Å². The van der Waals surface area contributed by atoms with Gasteiger partial charge in [0.1, 0.15) is 5.82 Å². The SMILES string of the molecule is Cc1ccc(-c2cc(C(=O)Nc3cc(S(C)(=O)=O)ccc3F)c3c(C)noc3n2)cc1. The first-order chi connectivity index (χ1) is 14.6. The minimum atomic E-state index is -3.57. The summed E-state index contributed by atoms with van der Waals surface area (Å²) in [5.74, 6) is -1.40. The van der Waals surface area contributed by atoms with Crippen molar-refractivity contribution in [3.8, 4) is 11.3 Å². The third kappa shape index (κ3) is 4.04. The summed E-state index contributed by atoms with van der Waals surface area (Å²) in [5.41, 5.74) is 2.88. The van der Waals surface area contributed by atoms with Crippen LogP contribution in [-0.4, -0.2) is 30.7 Å². The number of halogens is 1. The van der Waals surface area contributed by atoms with E-state index < -0.39 is 21.6 Å². The zero-order chi connectivity index (χ0) is 22.3. The third-order valence-corrected chi connectivity index (χ3v) is 5.93. The van der Waals surface area contributed by atoms with Gasteiger partial charge in [0.15, 0.2) is 9.84 Å². The van der Waals surface area contributed by atoms with Crippen LogP contribution in [0.3, 0.4) is 0 Å². The van der Waals surface area contributed by atoms with Crippen LogP contribution < -0.4 is 5.32 Å². The van der Waals surface area contributed by atoms with E-state index in [0.717, 1.165) is 35.6 Å². The largest absolute Gasteiger partial charge is 0.335 e. The molecule has 1 amide bonds. The molecule has 1 N–H and O–H groups in total. The van der Waals surface area contributed by atoms with Crippen molar-refractivity contribution in [3.63, 3.8) is 0 Å². The maximum atomic E-state index is 14.3. The highest BCUT2D eigenvalue weighted by Gasteiger charge is 2.21. The first kappa shape index (κ1) is 20.7. The minimum Gasteiger partial charge on any atom is -0.335 e. The topological polar surface area (TPSA) is 102 Å². The number of benzene rings is 2. The molecule has 0 radical (unpaired) electrons. The van der Waals surface area contributed by atoms with E-state index in [1.807, 2.05) is 31.2 Å². The predicted octanol–water partition coefficient (Wildman–Crippen LogP) is 4.30. The number of aryl methyl sites for hydroxylation is 2. The average Bonchev–Trinajstić information content (AvgIpc) is 3.09. The second-order valence-corrected chi connectivity index (χ2v) is 9.25. The molecule has 0 bridgehead atoms. The van der Waals surface area contributed by atoms with Crippen LogP contribution in [0.4, 0.5) is 10.1 Å². The standard InChI is InChI=1S/C22H18FN3O4S/c1-12-4-6-14(7-5-12)18-11-16(20-13(2)26-30-22(20)25-18)21(27)24-19-10-15(31(3,28)29)8-9-17(19)23/h4-11H,1-3H3,(H,24,27). The maximum Gasteiger partial charge on any atom is 0.259 e. The van der Waals surface area contributed by atoms with Crippen LogP contribution in [0, 0.1) is 19.7 Å². The van der Waals surface area contributed by atoms with Gasteiger partial charge in [-0.1, -0.05) is 35.0 Å². The predicted molar refractivity (Wildman–Crippen MR) is 114 cm³/mol.